The van der Waals surface area contributed by atoms with Crippen LogP contribution >= 0.6 is 10.0 Å². The van der Waals surface area contributed by atoms with Gasteiger partial charge >= 0.3 is 0 Å². The van der Waals surface area contributed by atoms with Gasteiger partial charge in [-0.1, -0.05) is 68.9 Å². The first-order valence-electron chi connectivity index (χ1n) is 16.7. The van der Waals surface area contributed by atoms with Crippen molar-refractivity contribution in [2.45, 2.75) is 82.0 Å². The largest absolute Gasteiger partial charge is 0.352 e. The van der Waals surface area contributed by atoms with Crippen LogP contribution in [-0.2, 0) is 4.79 Å². The van der Waals surface area contributed by atoms with Crippen LogP contribution in [0.4, 0.5) is 0 Å². The first-order chi connectivity index (χ1) is 21.1. The summed E-state index contributed by atoms with van der Waals surface area (Å²) < 4.78 is 1.87. The lowest BCUT2D eigenvalue weighted by molar-refractivity contribution is -0.134. The number of nitrogens with zero attached hydrogens (tertiary/aromatic N) is 3. The molecule has 43 heavy (non-hydrogen) atoms. The first kappa shape index (κ1) is 30.2. The molecule has 2 unspecified atom stereocenters. The number of fused-ring (bicyclic) bond motifs is 1. The molecule has 1 spiro atoms. The van der Waals surface area contributed by atoms with Crippen molar-refractivity contribution in [1.29, 1.82) is 0 Å². The Balaban J connectivity index is 0.959. The zero-order chi connectivity index (χ0) is 29.5. The van der Waals surface area contributed by atoms with Gasteiger partial charge in [0.1, 0.15) is 5.65 Å². The Bertz CT molecular complexity index is 1340. The van der Waals surface area contributed by atoms with E-state index in [9.17, 15) is 9.59 Å². The smallest absolute Gasteiger partial charge is 0.252 e. The second kappa shape index (κ2) is 14.3. The number of unbranched alkanes of at least 4 members (excludes halogenated alkanes) is 1. The van der Waals surface area contributed by atoms with E-state index in [1.54, 1.807) is 6.20 Å². The molecule has 2 aromatic heterocycles. The van der Waals surface area contributed by atoms with E-state index >= 15 is 0 Å². The molecular formula is C35H49N5O2S. The molecule has 0 bridgehead atoms. The number of carbonyl (C=O) groups is 2. The summed E-state index contributed by atoms with van der Waals surface area (Å²) in [6.45, 7) is 2.46. The average molecular weight is 604 g/mol. The van der Waals surface area contributed by atoms with E-state index < -0.39 is 10.0 Å². The minimum atomic E-state index is -0.924. The molecule has 5 heterocycles. The van der Waals surface area contributed by atoms with Crippen LogP contribution in [0.15, 0.2) is 61.1 Å². The molecule has 0 saturated carbocycles. The minimum absolute atomic E-state index is 0.0315. The highest BCUT2D eigenvalue weighted by atomic mass is 32.3. The van der Waals surface area contributed by atoms with E-state index in [4.69, 9.17) is 0 Å². The number of likely N-dealkylation sites (tertiary alicyclic amines) is 1. The minimum Gasteiger partial charge on any atom is -0.352 e. The topological polar surface area (TPSA) is 78.7 Å². The molecule has 3 fully saturated rings. The van der Waals surface area contributed by atoms with Gasteiger partial charge in [-0.2, -0.15) is 0 Å². The second-order valence-electron chi connectivity index (χ2n) is 12.9. The molecule has 2 amide bonds. The van der Waals surface area contributed by atoms with Gasteiger partial charge in [-0.25, -0.2) is 15.0 Å². The van der Waals surface area contributed by atoms with Crippen LogP contribution < -0.4 is 10.6 Å². The van der Waals surface area contributed by atoms with Crippen molar-refractivity contribution in [3.05, 3.63) is 72.2 Å². The monoisotopic (exact) mass is 603 g/mol. The maximum absolute atomic E-state index is 13.9. The molecule has 8 heteroatoms. The summed E-state index contributed by atoms with van der Waals surface area (Å²) in [6.07, 6.45) is 18.9. The number of rotatable bonds is 8. The molecule has 7 nitrogen and oxygen atoms in total. The maximum atomic E-state index is 13.9. The van der Waals surface area contributed by atoms with Gasteiger partial charge in [-0.05, 0) is 67.2 Å². The Hall–Kier alpha value is -2.84. The van der Waals surface area contributed by atoms with Crippen molar-refractivity contribution >= 4 is 27.5 Å². The zero-order valence-electron chi connectivity index (χ0n) is 25.6. The number of carbonyl (C=O) groups excluding carboxylic acids is 2. The third-order valence-corrected chi connectivity index (χ3v) is 14.6. The van der Waals surface area contributed by atoms with Crippen LogP contribution in [0.2, 0.25) is 0 Å². The van der Waals surface area contributed by atoms with Crippen LogP contribution in [0.25, 0.3) is 5.65 Å². The first-order valence-corrected chi connectivity index (χ1v) is 18.9. The number of piperidine rings is 1. The number of benzene rings is 1. The maximum Gasteiger partial charge on any atom is 0.252 e. The number of pyridine rings is 1. The van der Waals surface area contributed by atoms with E-state index in [0.29, 0.717) is 29.3 Å². The molecule has 3 saturated heterocycles. The summed E-state index contributed by atoms with van der Waals surface area (Å²) in [5, 5.41) is 7.35. The molecule has 232 valence electrons. The number of aromatic nitrogens is 2. The van der Waals surface area contributed by atoms with Crippen molar-refractivity contribution < 1.29 is 9.59 Å². The molecule has 3 aliphatic rings. The van der Waals surface area contributed by atoms with E-state index in [1.165, 1.54) is 62.0 Å². The van der Waals surface area contributed by atoms with E-state index in [-0.39, 0.29) is 11.9 Å². The van der Waals surface area contributed by atoms with Crippen molar-refractivity contribution in [2.24, 2.45) is 5.92 Å². The lowest BCUT2D eigenvalue weighted by Crippen LogP contribution is -2.48. The van der Waals surface area contributed by atoms with Gasteiger partial charge in [0.15, 0.2) is 0 Å². The molecule has 1 aromatic carbocycles. The number of amides is 2. The van der Waals surface area contributed by atoms with Crippen LogP contribution in [0, 0.1) is 5.92 Å². The second-order valence-corrected chi connectivity index (χ2v) is 16.8. The molecular weight excluding hydrogens is 554 g/mol. The van der Waals surface area contributed by atoms with Crippen molar-refractivity contribution in [2.75, 3.05) is 36.9 Å². The van der Waals surface area contributed by atoms with Crippen LogP contribution in [0.5, 0.6) is 0 Å². The van der Waals surface area contributed by atoms with E-state index in [2.05, 4.69) is 50.8 Å². The van der Waals surface area contributed by atoms with E-state index in [1.807, 2.05) is 28.9 Å². The predicted octanol–water partition coefficient (Wildman–Crippen LogP) is 6.30. The Morgan fingerprint density at radius 1 is 0.930 bits per heavy atom. The van der Waals surface area contributed by atoms with Crippen molar-refractivity contribution in [1.82, 2.24) is 24.9 Å². The fraction of sp³-hybridized carbons (Fsp3) is 0.571. The van der Waals surface area contributed by atoms with Gasteiger partial charge < -0.3 is 14.6 Å². The normalized spacial score (nSPS) is 23.9. The summed E-state index contributed by atoms with van der Waals surface area (Å²) in [5.41, 5.74) is 2.89. The Labute approximate surface area is 258 Å². The van der Waals surface area contributed by atoms with Crippen LogP contribution in [0.3, 0.4) is 0 Å². The highest BCUT2D eigenvalue weighted by molar-refractivity contribution is 8.34. The Morgan fingerprint density at radius 2 is 1.67 bits per heavy atom. The van der Waals surface area contributed by atoms with Crippen molar-refractivity contribution in [3.63, 3.8) is 0 Å². The molecule has 0 radical (unpaired) electrons. The van der Waals surface area contributed by atoms with Gasteiger partial charge in [0.2, 0.25) is 5.91 Å². The molecule has 6 rings (SSSR count). The van der Waals surface area contributed by atoms with Gasteiger partial charge in [0.25, 0.3) is 5.91 Å². The fourth-order valence-electron chi connectivity index (χ4n) is 7.53. The number of imidazole rings is 1. The SMILES string of the molecule is O=C(NCCCCC1CCN(C(=O)C2CS3(CCCCCCCC3)C(c3ccccc3)N2)CC1)c1ccc2nccn2c1. The van der Waals surface area contributed by atoms with Crippen LogP contribution in [0.1, 0.15) is 91.9 Å². The number of hydrogen-bond donors (Lipinski definition) is 2. The summed E-state index contributed by atoms with van der Waals surface area (Å²) >= 11 is 0. The van der Waals surface area contributed by atoms with Crippen molar-refractivity contribution in [3.8, 4) is 0 Å². The quantitative estimate of drug-likeness (QED) is 0.296. The average Bonchev–Trinajstić information content (AvgIpc) is 3.69. The van der Waals surface area contributed by atoms with Gasteiger partial charge in [0.05, 0.1) is 17.0 Å². The van der Waals surface area contributed by atoms with E-state index in [0.717, 1.165) is 50.2 Å². The lowest BCUT2D eigenvalue weighted by atomic mass is 9.91. The summed E-state index contributed by atoms with van der Waals surface area (Å²) in [5.74, 6) is 4.67. The zero-order valence-corrected chi connectivity index (χ0v) is 26.4. The van der Waals surface area contributed by atoms with Gasteiger partial charge in [-0.3, -0.25) is 14.9 Å². The summed E-state index contributed by atoms with van der Waals surface area (Å²) in [6, 6.07) is 14.7. The molecule has 0 aliphatic carbocycles. The van der Waals surface area contributed by atoms with Gasteiger partial charge in [-0.15, -0.1) is 0 Å². The third-order valence-electron chi connectivity index (χ3n) is 10.0. The standard InChI is InChI=1S/C35H49N5O2S/c41-33(30-15-16-32-36-20-23-40(32)26-30)37-19-9-8-12-28-17-21-39(22-18-28)35(42)31-27-43(24-10-3-1-2-4-11-25-43)34(38-31)29-13-6-5-7-14-29/h5-7,13-16,20,23,26,28,31,34,38H,1-4,8-12,17-19,21-22,24-25,27H2,(H,37,41). The Kier molecular flexibility index (Phi) is 10.0. The highest BCUT2D eigenvalue weighted by Gasteiger charge is 2.46. The molecule has 2 atom stereocenters. The number of nitrogens with one attached hydrogen (secondary N) is 2. The third kappa shape index (κ3) is 7.28. The number of hydrogen-bond acceptors (Lipinski definition) is 4. The summed E-state index contributed by atoms with van der Waals surface area (Å²) in [4.78, 5) is 32.8. The Morgan fingerprint density at radius 3 is 2.44 bits per heavy atom. The lowest BCUT2D eigenvalue weighted by Gasteiger charge is -2.41. The molecule has 3 aromatic rings. The fourth-order valence-corrected chi connectivity index (χ4v) is 12.4. The highest BCUT2D eigenvalue weighted by Crippen LogP contribution is 2.64. The van der Waals surface area contributed by atoms with Gasteiger partial charge in [0, 0.05) is 44.0 Å². The molecule has 2 N–H and O–H groups in total. The predicted molar refractivity (Wildman–Crippen MR) is 177 cm³/mol. The summed E-state index contributed by atoms with van der Waals surface area (Å²) in [7, 11) is -0.924. The van der Waals surface area contributed by atoms with Crippen LogP contribution in [-0.4, -0.2) is 69.0 Å². The molecule has 3 aliphatic heterocycles.